The Morgan fingerprint density at radius 2 is 1.69 bits per heavy atom. The van der Waals surface area contributed by atoms with E-state index in [4.69, 9.17) is 16.3 Å². The third kappa shape index (κ3) is 4.13. The molecule has 0 saturated heterocycles. The molecule has 0 atom stereocenters. The minimum atomic E-state index is -3.88. The van der Waals surface area contributed by atoms with E-state index in [9.17, 15) is 13.2 Å². The lowest BCUT2D eigenvalue weighted by atomic mass is 10.1. The van der Waals surface area contributed by atoms with Crippen molar-refractivity contribution in [2.75, 3.05) is 7.11 Å². The van der Waals surface area contributed by atoms with Crippen molar-refractivity contribution in [1.82, 2.24) is 8.96 Å². The van der Waals surface area contributed by atoms with Crippen molar-refractivity contribution in [3.8, 4) is 0 Å². The number of carbonyl (C=O) groups is 1. The van der Waals surface area contributed by atoms with Crippen LogP contribution in [0.2, 0.25) is 5.15 Å². The van der Waals surface area contributed by atoms with E-state index < -0.39 is 16.0 Å². The van der Waals surface area contributed by atoms with E-state index in [-0.39, 0.29) is 10.0 Å². The van der Waals surface area contributed by atoms with E-state index in [1.54, 1.807) is 48.5 Å². The van der Waals surface area contributed by atoms with Crippen LogP contribution in [0.5, 0.6) is 0 Å². The number of pyridine rings is 1. The summed E-state index contributed by atoms with van der Waals surface area (Å²) in [5.74, 6) is -0.426. The third-order valence-electron chi connectivity index (χ3n) is 5.31. The molecular weight excluding hydrogens is 448 g/mol. The molecule has 0 saturated carbocycles. The number of esters is 1. The Bertz CT molecular complexity index is 1390. The Morgan fingerprint density at radius 3 is 2.31 bits per heavy atom. The van der Waals surface area contributed by atoms with Crippen LogP contribution in [0.25, 0.3) is 10.9 Å². The van der Waals surface area contributed by atoms with E-state index in [0.29, 0.717) is 28.6 Å². The molecule has 0 aliphatic heterocycles. The van der Waals surface area contributed by atoms with Gasteiger partial charge in [0.05, 0.1) is 29.3 Å². The van der Waals surface area contributed by atoms with Crippen molar-refractivity contribution in [1.29, 1.82) is 0 Å². The minimum absolute atomic E-state index is 0.199. The molecule has 0 bridgehead atoms. The summed E-state index contributed by atoms with van der Waals surface area (Å²) in [5.41, 5.74) is 3.35. The summed E-state index contributed by atoms with van der Waals surface area (Å²) < 4.78 is 33.3. The topological polar surface area (TPSA) is 78.3 Å². The fraction of sp³-hybridized carbons (Fsp3) is 0.167. The lowest BCUT2D eigenvalue weighted by Crippen LogP contribution is -2.16. The van der Waals surface area contributed by atoms with Crippen LogP contribution in [-0.2, 0) is 27.6 Å². The van der Waals surface area contributed by atoms with Crippen LogP contribution in [-0.4, -0.2) is 30.5 Å². The Hall–Kier alpha value is -3.16. The second-order valence-electron chi connectivity index (χ2n) is 7.33. The Balaban J connectivity index is 1.82. The first kappa shape index (κ1) is 22.0. The lowest BCUT2D eigenvalue weighted by Gasteiger charge is -2.13. The van der Waals surface area contributed by atoms with Crippen molar-refractivity contribution in [3.05, 3.63) is 94.4 Å². The fourth-order valence-electron chi connectivity index (χ4n) is 3.61. The zero-order valence-electron chi connectivity index (χ0n) is 17.6. The zero-order valence-corrected chi connectivity index (χ0v) is 19.2. The number of hydrogen-bond acceptors (Lipinski definition) is 5. The number of hydrogen-bond donors (Lipinski definition) is 0. The van der Waals surface area contributed by atoms with Gasteiger partial charge in [-0.1, -0.05) is 42.8 Å². The van der Waals surface area contributed by atoms with Gasteiger partial charge < -0.3 is 4.74 Å². The third-order valence-corrected chi connectivity index (χ3v) is 7.30. The van der Waals surface area contributed by atoms with Gasteiger partial charge in [-0.25, -0.2) is 22.2 Å². The summed E-state index contributed by atoms with van der Waals surface area (Å²) in [6.07, 6.45) is 2.63. The molecule has 4 rings (SSSR count). The van der Waals surface area contributed by atoms with E-state index in [2.05, 4.69) is 4.98 Å². The highest BCUT2D eigenvalue weighted by molar-refractivity contribution is 7.90. The number of aryl methyl sites for hydroxylation is 1. The Morgan fingerprint density at radius 1 is 1.03 bits per heavy atom. The van der Waals surface area contributed by atoms with Gasteiger partial charge in [-0.3, -0.25) is 0 Å². The molecule has 0 unspecified atom stereocenters. The monoisotopic (exact) mass is 468 g/mol. The summed E-state index contributed by atoms with van der Waals surface area (Å²) in [5, 5.41) is 0.966. The molecule has 8 heteroatoms. The lowest BCUT2D eigenvalue weighted by molar-refractivity contribution is 0.0600. The number of halogens is 1. The smallest absolute Gasteiger partial charge is 0.337 e. The molecule has 0 N–H and O–H groups in total. The van der Waals surface area contributed by atoms with Crippen LogP contribution < -0.4 is 0 Å². The Labute approximate surface area is 191 Å². The maximum atomic E-state index is 13.6. The summed E-state index contributed by atoms with van der Waals surface area (Å²) in [6.45, 7) is 2.02. The fourth-order valence-corrected chi connectivity index (χ4v) is 5.30. The van der Waals surface area contributed by atoms with Crippen LogP contribution in [0.4, 0.5) is 0 Å². The van der Waals surface area contributed by atoms with Crippen molar-refractivity contribution in [2.45, 2.75) is 24.7 Å². The molecule has 32 heavy (non-hydrogen) atoms. The maximum Gasteiger partial charge on any atom is 0.337 e. The van der Waals surface area contributed by atoms with Gasteiger partial charge in [-0.05, 0) is 53.9 Å². The summed E-state index contributed by atoms with van der Waals surface area (Å²) >= 11 is 6.05. The Kier molecular flexibility index (Phi) is 6.04. The number of aromatic nitrogens is 2. The predicted octanol–water partition coefficient (Wildman–Crippen LogP) is 4.87. The molecule has 0 amide bonds. The molecule has 2 aromatic heterocycles. The van der Waals surface area contributed by atoms with Gasteiger partial charge in [0.1, 0.15) is 5.15 Å². The van der Waals surface area contributed by atoms with Crippen LogP contribution in [0.1, 0.15) is 34.1 Å². The van der Waals surface area contributed by atoms with Gasteiger partial charge in [0.25, 0.3) is 10.0 Å². The summed E-state index contributed by atoms with van der Waals surface area (Å²) in [6, 6.07) is 17.2. The number of rotatable bonds is 6. The average molecular weight is 469 g/mol. The number of ether oxygens (including phenoxy) is 1. The van der Waals surface area contributed by atoms with Crippen molar-refractivity contribution in [3.63, 3.8) is 0 Å². The van der Waals surface area contributed by atoms with Crippen LogP contribution in [0, 0.1) is 0 Å². The normalized spacial score (nSPS) is 11.6. The van der Waals surface area contributed by atoms with E-state index in [1.165, 1.54) is 17.3 Å². The van der Waals surface area contributed by atoms with E-state index >= 15 is 0 Å². The van der Waals surface area contributed by atoms with Crippen molar-refractivity contribution < 1.29 is 17.9 Å². The summed E-state index contributed by atoms with van der Waals surface area (Å²) in [7, 11) is -2.55. The summed E-state index contributed by atoms with van der Waals surface area (Å²) in [4.78, 5) is 16.0. The van der Waals surface area contributed by atoms with E-state index in [1.807, 2.05) is 19.1 Å². The van der Waals surface area contributed by atoms with Crippen LogP contribution in [0.15, 0.2) is 71.8 Å². The molecule has 0 aliphatic rings. The van der Waals surface area contributed by atoms with Gasteiger partial charge in [-0.2, -0.15) is 0 Å². The first-order valence-electron chi connectivity index (χ1n) is 10.0. The zero-order chi connectivity index (χ0) is 22.9. The van der Waals surface area contributed by atoms with Gasteiger partial charge in [0.15, 0.2) is 0 Å². The van der Waals surface area contributed by atoms with Gasteiger partial charge >= 0.3 is 5.97 Å². The molecule has 2 aromatic carbocycles. The number of carbonyl (C=O) groups excluding carboxylic acids is 1. The SMILES string of the molecule is CCc1ccc(S(=O)(=O)n2c(Cc3ccc(C(=O)OC)cc3)cc3cc(Cl)ncc32)cc1. The largest absolute Gasteiger partial charge is 0.465 e. The van der Waals surface area contributed by atoms with Gasteiger partial charge in [0, 0.05) is 17.5 Å². The second-order valence-corrected chi connectivity index (χ2v) is 9.51. The molecular formula is C24H21ClN2O4S. The standard InChI is InChI=1S/C24H21ClN2O4S/c1-3-16-6-10-21(11-7-16)32(29,30)27-20(13-19-14-23(25)26-15-22(19)27)12-17-4-8-18(9-5-17)24(28)31-2/h4-11,13-15H,3,12H2,1-2H3. The highest BCUT2D eigenvalue weighted by Crippen LogP contribution is 2.28. The molecule has 164 valence electrons. The van der Waals surface area contributed by atoms with Crippen molar-refractivity contribution >= 4 is 38.5 Å². The second kappa shape index (κ2) is 8.76. The number of methoxy groups -OCH3 is 1. The molecule has 0 radical (unpaired) electrons. The predicted molar refractivity (Wildman–Crippen MR) is 124 cm³/mol. The van der Waals surface area contributed by atoms with Crippen molar-refractivity contribution in [2.24, 2.45) is 0 Å². The van der Waals surface area contributed by atoms with Crippen LogP contribution in [0.3, 0.4) is 0 Å². The molecule has 4 aromatic rings. The maximum absolute atomic E-state index is 13.6. The van der Waals surface area contributed by atoms with Crippen LogP contribution >= 0.6 is 11.6 Å². The molecule has 6 nitrogen and oxygen atoms in total. The molecule has 0 aliphatic carbocycles. The quantitative estimate of drug-likeness (QED) is 0.298. The highest BCUT2D eigenvalue weighted by Gasteiger charge is 2.24. The molecule has 0 spiro atoms. The first-order valence-corrected chi connectivity index (χ1v) is 11.8. The number of nitrogens with zero attached hydrogens (tertiary/aromatic N) is 2. The first-order chi connectivity index (χ1) is 15.3. The number of benzene rings is 2. The molecule has 0 fully saturated rings. The minimum Gasteiger partial charge on any atom is -0.465 e. The van der Waals surface area contributed by atoms with E-state index in [0.717, 1.165) is 17.5 Å². The number of fused-ring (bicyclic) bond motifs is 1. The molecule has 2 heterocycles. The highest BCUT2D eigenvalue weighted by atomic mass is 35.5. The van der Waals surface area contributed by atoms with Gasteiger partial charge in [0.2, 0.25) is 0 Å². The average Bonchev–Trinajstić information content (AvgIpc) is 3.16. The van der Waals surface area contributed by atoms with Gasteiger partial charge in [-0.15, -0.1) is 0 Å².